The second kappa shape index (κ2) is 9.16. The maximum atomic E-state index is 6.13. The molecular weight excluding hydrogens is 330 g/mol. The summed E-state index contributed by atoms with van der Waals surface area (Å²) in [4.78, 5) is 2.52. The van der Waals surface area contributed by atoms with Gasteiger partial charge in [0.15, 0.2) is 0 Å². The average Bonchev–Trinajstić information content (AvgIpc) is 3.23. The molecule has 0 N–H and O–H groups in total. The highest BCUT2D eigenvalue weighted by atomic mass is 16.5. The summed E-state index contributed by atoms with van der Waals surface area (Å²) in [6.45, 7) is 3.23. The Morgan fingerprint density at radius 2 is 1.92 bits per heavy atom. The number of likely N-dealkylation sites (tertiary alicyclic amines) is 1. The molecular formula is C20H29N3O3. The Morgan fingerprint density at radius 1 is 1.12 bits per heavy atom. The van der Waals surface area contributed by atoms with Gasteiger partial charge in [0.25, 0.3) is 0 Å². The smallest absolute Gasteiger partial charge is 0.118 e. The van der Waals surface area contributed by atoms with Crippen LogP contribution in [0.3, 0.4) is 0 Å². The molecule has 0 spiro atoms. The molecule has 2 atom stereocenters. The Balaban J connectivity index is 1.68. The van der Waals surface area contributed by atoms with E-state index in [0.29, 0.717) is 19.3 Å². The summed E-state index contributed by atoms with van der Waals surface area (Å²) in [6.07, 6.45) is 6.27. The summed E-state index contributed by atoms with van der Waals surface area (Å²) >= 11 is 0. The molecule has 0 saturated carbocycles. The van der Waals surface area contributed by atoms with Gasteiger partial charge in [-0.05, 0) is 36.1 Å². The van der Waals surface area contributed by atoms with E-state index in [0.717, 1.165) is 31.7 Å². The van der Waals surface area contributed by atoms with Crippen LogP contribution < -0.4 is 4.74 Å². The Morgan fingerprint density at radius 3 is 2.58 bits per heavy atom. The lowest BCUT2D eigenvalue weighted by molar-refractivity contribution is -0.00131. The first-order valence-corrected chi connectivity index (χ1v) is 9.14. The van der Waals surface area contributed by atoms with Gasteiger partial charge in [0.1, 0.15) is 5.75 Å². The molecule has 0 aliphatic carbocycles. The Kier molecular flexibility index (Phi) is 6.66. The van der Waals surface area contributed by atoms with Crippen molar-refractivity contribution in [1.29, 1.82) is 0 Å². The molecule has 3 rings (SSSR count). The maximum Gasteiger partial charge on any atom is 0.118 e. The molecule has 142 valence electrons. The normalized spacial score (nSPS) is 20.6. The number of hydrogen-bond donors (Lipinski definition) is 0. The van der Waals surface area contributed by atoms with Gasteiger partial charge >= 0.3 is 0 Å². The second-order valence-corrected chi connectivity index (χ2v) is 6.80. The van der Waals surface area contributed by atoms with Crippen molar-refractivity contribution in [3.8, 4) is 5.75 Å². The first kappa shape index (κ1) is 18.9. The van der Waals surface area contributed by atoms with Crippen molar-refractivity contribution < 1.29 is 14.2 Å². The molecule has 6 nitrogen and oxygen atoms in total. The van der Waals surface area contributed by atoms with Crippen molar-refractivity contribution >= 4 is 0 Å². The van der Waals surface area contributed by atoms with E-state index in [2.05, 4.69) is 28.3 Å². The summed E-state index contributed by atoms with van der Waals surface area (Å²) in [5, 5.41) is 4.31. The average molecular weight is 359 g/mol. The summed E-state index contributed by atoms with van der Waals surface area (Å²) < 4.78 is 18.4. The van der Waals surface area contributed by atoms with Crippen LogP contribution in [0.5, 0.6) is 5.75 Å². The molecule has 2 heterocycles. The van der Waals surface area contributed by atoms with Crippen molar-refractivity contribution in [3.05, 3.63) is 47.8 Å². The number of benzene rings is 1. The predicted molar refractivity (Wildman–Crippen MR) is 100 cm³/mol. The predicted octanol–water partition coefficient (Wildman–Crippen LogP) is 2.28. The zero-order chi connectivity index (χ0) is 18.4. The molecule has 0 radical (unpaired) electrons. The van der Waals surface area contributed by atoms with Gasteiger partial charge in [-0.15, -0.1) is 0 Å². The van der Waals surface area contributed by atoms with Crippen LogP contribution in [-0.4, -0.2) is 60.8 Å². The van der Waals surface area contributed by atoms with Gasteiger partial charge in [-0.25, -0.2) is 0 Å². The van der Waals surface area contributed by atoms with Crippen molar-refractivity contribution in [2.75, 3.05) is 34.0 Å². The van der Waals surface area contributed by atoms with Gasteiger partial charge in [0, 0.05) is 39.5 Å². The van der Waals surface area contributed by atoms with Crippen molar-refractivity contribution in [1.82, 2.24) is 14.7 Å². The van der Waals surface area contributed by atoms with Crippen LogP contribution >= 0.6 is 0 Å². The first-order valence-electron chi connectivity index (χ1n) is 9.14. The van der Waals surface area contributed by atoms with Crippen LogP contribution in [0.1, 0.15) is 17.5 Å². The van der Waals surface area contributed by atoms with E-state index in [1.165, 1.54) is 11.1 Å². The fourth-order valence-electron chi connectivity index (χ4n) is 3.60. The van der Waals surface area contributed by atoms with Gasteiger partial charge < -0.3 is 14.2 Å². The number of hydrogen-bond acceptors (Lipinski definition) is 5. The van der Waals surface area contributed by atoms with Crippen LogP contribution in [0, 0.1) is 0 Å². The number of aromatic nitrogens is 2. The molecule has 1 aliphatic heterocycles. The minimum atomic E-state index is 0.226. The monoisotopic (exact) mass is 359 g/mol. The topological polar surface area (TPSA) is 48.8 Å². The van der Waals surface area contributed by atoms with E-state index >= 15 is 0 Å². The van der Waals surface area contributed by atoms with Crippen molar-refractivity contribution in [2.45, 2.75) is 31.5 Å². The van der Waals surface area contributed by atoms with E-state index in [1.54, 1.807) is 14.2 Å². The van der Waals surface area contributed by atoms with E-state index in [9.17, 15) is 0 Å². The van der Waals surface area contributed by atoms with Gasteiger partial charge in [-0.3, -0.25) is 9.58 Å². The SMILES string of the molecule is COCCO[C@@H]1CCN(Cc2ccc(OC)cc2)[C@@H]1Cc1cnn(C)c1. The lowest BCUT2D eigenvalue weighted by Crippen LogP contribution is -2.38. The van der Waals surface area contributed by atoms with Crippen LogP contribution in [0.15, 0.2) is 36.7 Å². The highest BCUT2D eigenvalue weighted by Crippen LogP contribution is 2.26. The highest BCUT2D eigenvalue weighted by Gasteiger charge is 2.35. The third-order valence-electron chi connectivity index (χ3n) is 4.97. The molecule has 1 fully saturated rings. The highest BCUT2D eigenvalue weighted by molar-refractivity contribution is 5.27. The number of rotatable bonds is 9. The minimum absolute atomic E-state index is 0.226. The number of ether oxygens (including phenoxy) is 3. The molecule has 1 saturated heterocycles. The summed E-state index contributed by atoms with van der Waals surface area (Å²) in [5.41, 5.74) is 2.54. The minimum Gasteiger partial charge on any atom is -0.497 e. The zero-order valence-corrected chi connectivity index (χ0v) is 15.9. The summed E-state index contributed by atoms with van der Waals surface area (Å²) in [7, 11) is 5.36. The molecule has 2 aromatic rings. The molecule has 6 heteroatoms. The molecule has 1 aliphatic rings. The van der Waals surface area contributed by atoms with Crippen LogP contribution in [0.2, 0.25) is 0 Å². The van der Waals surface area contributed by atoms with Gasteiger partial charge in [-0.1, -0.05) is 12.1 Å². The number of methoxy groups -OCH3 is 2. The molecule has 1 aromatic heterocycles. The van der Waals surface area contributed by atoms with Gasteiger partial charge in [0.05, 0.1) is 32.6 Å². The molecule has 0 amide bonds. The third kappa shape index (κ3) is 4.84. The Bertz CT molecular complexity index is 671. The molecule has 0 bridgehead atoms. The lowest BCUT2D eigenvalue weighted by Gasteiger charge is -2.28. The van der Waals surface area contributed by atoms with Crippen LogP contribution in [0.25, 0.3) is 0 Å². The lowest BCUT2D eigenvalue weighted by atomic mass is 10.0. The Labute approximate surface area is 155 Å². The largest absolute Gasteiger partial charge is 0.497 e. The van der Waals surface area contributed by atoms with Gasteiger partial charge in [0.2, 0.25) is 0 Å². The van der Waals surface area contributed by atoms with E-state index < -0.39 is 0 Å². The van der Waals surface area contributed by atoms with Crippen LogP contribution in [0.4, 0.5) is 0 Å². The number of nitrogens with zero attached hydrogens (tertiary/aromatic N) is 3. The quantitative estimate of drug-likeness (QED) is 0.643. The summed E-state index contributed by atoms with van der Waals surface area (Å²) in [6, 6.07) is 8.67. The Hall–Kier alpha value is -1.89. The third-order valence-corrected chi connectivity index (χ3v) is 4.97. The van der Waals surface area contributed by atoms with E-state index in [1.807, 2.05) is 30.1 Å². The number of aryl methyl sites for hydroxylation is 1. The van der Waals surface area contributed by atoms with Crippen molar-refractivity contribution in [3.63, 3.8) is 0 Å². The van der Waals surface area contributed by atoms with Crippen molar-refractivity contribution in [2.24, 2.45) is 7.05 Å². The second-order valence-electron chi connectivity index (χ2n) is 6.80. The maximum absolute atomic E-state index is 6.13. The molecule has 1 aromatic carbocycles. The zero-order valence-electron chi connectivity index (χ0n) is 15.9. The van der Waals surface area contributed by atoms with E-state index in [-0.39, 0.29) is 6.10 Å². The fourth-order valence-corrected chi connectivity index (χ4v) is 3.60. The fraction of sp³-hybridized carbons (Fsp3) is 0.550. The summed E-state index contributed by atoms with van der Waals surface area (Å²) in [5.74, 6) is 0.892. The molecule has 26 heavy (non-hydrogen) atoms. The van der Waals surface area contributed by atoms with Crippen LogP contribution in [-0.2, 0) is 29.5 Å². The first-order chi connectivity index (χ1) is 12.7. The standard InChI is InChI=1S/C20H29N3O3/c1-22-14-17(13-21-22)12-19-20(26-11-10-24-2)8-9-23(19)15-16-4-6-18(25-3)7-5-16/h4-7,13-14,19-20H,8-12,15H2,1-3H3/t19-,20-/m1/s1. The molecule has 0 unspecified atom stereocenters. The van der Waals surface area contributed by atoms with E-state index in [4.69, 9.17) is 14.2 Å². The van der Waals surface area contributed by atoms with Gasteiger partial charge in [-0.2, -0.15) is 5.10 Å².